The van der Waals surface area contributed by atoms with Crippen molar-refractivity contribution in [3.05, 3.63) is 0 Å². The van der Waals surface area contributed by atoms with Gasteiger partial charge in [-0.05, 0) is 6.42 Å². The minimum Gasteiger partial charge on any atom is -0.376 e. The second-order valence-corrected chi connectivity index (χ2v) is 2.99. The Morgan fingerprint density at radius 3 is 3.09 bits per heavy atom. The number of hydrogen-bond donors (Lipinski definition) is 1. The maximum absolute atomic E-state index is 5.52. The van der Waals surface area contributed by atoms with E-state index in [1.807, 2.05) is 0 Å². The van der Waals surface area contributed by atoms with E-state index in [0.717, 1.165) is 39.2 Å². The SMILES string of the molecule is CCC1CN(CCN)CCO1. The van der Waals surface area contributed by atoms with E-state index in [1.165, 1.54) is 0 Å². The fourth-order valence-corrected chi connectivity index (χ4v) is 1.41. The molecule has 0 saturated carbocycles. The lowest BCUT2D eigenvalue weighted by molar-refractivity contribution is -0.0284. The van der Waals surface area contributed by atoms with Crippen molar-refractivity contribution in [1.29, 1.82) is 0 Å². The summed E-state index contributed by atoms with van der Waals surface area (Å²) in [6.45, 7) is 6.92. The van der Waals surface area contributed by atoms with Crippen LogP contribution in [0.3, 0.4) is 0 Å². The van der Waals surface area contributed by atoms with Crippen molar-refractivity contribution >= 4 is 0 Å². The maximum atomic E-state index is 5.52. The first-order chi connectivity index (χ1) is 5.36. The first-order valence-electron chi connectivity index (χ1n) is 4.40. The third-order valence-corrected chi connectivity index (χ3v) is 2.12. The second-order valence-electron chi connectivity index (χ2n) is 2.99. The van der Waals surface area contributed by atoms with E-state index in [-0.39, 0.29) is 0 Å². The van der Waals surface area contributed by atoms with Crippen molar-refractivity contribution in [3.8, 4) is 0 Å². The standard InChI is InChI=1S/C8H18N2O/c1-2-8-7-10(4-3-9)5-6-11-8/h8H,2-7,9H2,1H3. The maximum Gasteiger partial charge on any atom is 0.0700 e. The van der Waals surface area contributed by atoms with E-state index < -0.39 is 0 Å². The summed E-state index contributed by atoms with van der Waals surface area (Å²) in [5, 5.41) is 0. The molecule has 0 aromatic rings. The van der Waals surface area contributed by atoms with Crippen LogP contribution in [-0.2, 0) is 4.74 Å². The summed E-state index contributed by atoms with van der Waals surface area (Å²) in [4.78, 5) is 2.37. The largest absolute Gasteiger partial charge is 0.376 e. The molecule has 1 fully saturated rings. The molecule has 66 valence electrons. The average Bonchev–Trinajstić information content (AvgIpc) is 2.06. The zero-order valence-electron chi connectivity index (χ0n) is 7.25. The van der Waals surface area contributed by atoms with E-state index in [0.29, 0.717) is 6.10 Å². The van der Waals surface area contributed by atoms with Crippen LogP contribution in [0.5, 0.6) is 0 Å². The van der Waals surface area contributed by atoms with Gasteiger partial charge in [0.05, 0.1) is 12.7 Å². The Morgan fingerprint density at radius 1 is 1.64 bits per heavy atom. The van der Waals surface area contributed by atoms with Crippen LogP contribution in [0.15, 0.2) is 0 Å². The van der Waals surface area contributed by atoms with Crippen molar-refractivity contribution in [2.45, 2.75) is 19.4 Å². The molecule has 1 rings (SSSR count). The Balaban J connectivity index is 2.21. The van der Waals surface area contributed by atoms with Gasteiger partial charge in [-0.3, -0.25) is 4.90 Å². The molecule has 1 unspecified atom stereocenters. The molecule has 0 radical (unpaired) electrons. The van der Waals surface area contributed by atoms with E-state index in [4.69, 9.17) is 10.5 Å². The Labute approximate surface area is 68.5 Å². The number of morpholine rings is 1. The molecular formula is C8H18N2O. The topological polar surface area (TPSA) is 38.5 Å². The highest BCUT2D eigenvalue weighted by atomic mass is 16.5. The average molecular weight is 158 g/mol. The fourth-order valence-electron chi connectivity index (χ4n) is 1.41. The molecule has 0 aliphatic carbocycles. The first-order valence-corrected chi connectivity index (χ1v) is 4.40. The zero-order valence-corrected chi connectivity index (χ0v) is 7.25. The van der Waals surface area contributed by atoms with Crippen LogP contribution in [-0.4, -0.2) is 43.8 Å². The quantitative estimate of drug-likeness (QED) is 0.631. The predicted molar refractivity (Wildman–Crippen MR) is 45.5 cm³/mol. The molecule has 3 nitrogen and oxygen atoms in total. The van der Waals surface area contributed by atoms with Crippen molar-refractivity contribution < 1.29 is 4.74 Å². The van der Waals surface area contributed by atoms with Crippen molar-refractivity contribution in [2.24, 2.45) is 5.73 Å². The Kier molecular flexibility index (Phi) is 3.83. The normalized spacial score (nSPS) is 27.3. The summed E-state index contributed by atoms with van der Waals surface area (Å²) in [6, 6.07) is 0. The third kappa shape index (κ3) is 2.77. The van der Waals surface area contributed by atoms with Crippen LogP contribution in [0.1, 0.15) is 13.3 Å². The molecule has 1 heterocycles. The molecule has 0 aromatic heterocycles. The lowest BCUT2D eigenvalue weighted by atomic mass is 10.2. The monoisotopic (exact) mass is 158 g/mol. The number of rotatable bonds is 3. The molecule has 1 saturated heterocycles. The highest BCUT2D eigenvalue weighted by molar-refractivity contribution is 4.69. The number of ether oxygens (including phenoxy) is 1. The van der Waals surface area contributed by atoms with Crippen LogP contribution < -0.4 is 5.73 Å². The summed E-state index contributed by atoms with van der Waals surface area (Å²) in [5.41, 5.74) is 5.46. The molecule has 0 aromatic carbocycles. The van der Waals surface area contributed by atoms with E-state index in [2.05, 4.69) is 11.8 Å². The van der Waals surface area contributed by atoms with Crippen LogP contribution >= 0.6 is 0 Å². The van der Waals surface area contributed by atoms with Gasteiger partial charge < -0.3 is 10.5 Å². The molecule has 2 N–H and O–H groups in total. The van der Waals surface area contributed by atoms with Crippen LogP contribution in [0.25, 0.3) is 0 Å². The van der Waals surface area contributed by atoms with Gasteiger partial charge >= 0.3 is 0 Å². The molecule has 11 heavy (non-hydrogen) atoms. The van der Waals surface area contributed by atoms with Crippen molar-refractivity contribution in [1.82, 2.24) is 4.90 Å². The second kappa shape index (κ2) is 4.70. The Bertz CT molecular complexity index is 106. The first kappa shape index (κ1) is 8.97. The van der Waals surface area contributed by atoms with Gasteiger partial charge in [-0.1, -0.05) is 6.92 Å². The van der Waals surface area contributed by atoms with Crippen LogP contribution in [0.2, 0.25) is 0 Å². The summed E-state index contributed by atoms with van der Waals surface area (Å²) < 4.78 is 5.52. The smallest absolute Gasteiger partial charge is 0.0700 e. The summed E-state index contributed by atoms with van der Waals surface area (Å²) in [7, 11) is 0. The van der Waals surface area contributed by atoms with Gasteiger partial charge in [-0.2, -0.15) is 0 Å². The Hall–Kier alpha value is -0.120. The minimum atomic E-state index is 0.440. The number of nitrogens with two attached hydrogens (primary N) is 1. The molecule has 1 aliphatic heterocycles. The zero-order chi connectivity index (χ0) is 8.10. The lowest BCUT2D eigenvalue weighted by Crippen LogP contribution is -2.44. The molecule has 0 amide bonds. The van der Waals surface area contributed by atoms with Crippen molar-refractivity contribution in [3.63, 3.8) is 0 Å². The van der Waals surface area contributed by atoms with Gasteiger partial charge in [0.15, 0.2) is 0 Å². The third-order valence-electron chi connectivity index (χ3n) is 2.12. The summed E-state index contributed by atoms with van der Waals surface area (Å²) >= 11 is 0. The van der Waals surface area contributed by atoms with Gasteiger partial charge in [0, 0.05) is 26.2 Å². The Morgan fingerprint density at radius 2 is 2.45 bits per heavy atom. The van der Waals surface area contributed by atoms with Crippen LogP contribution in [0, 0.1) is 0 Å². The van der Waals surface area contributed by atoms with Crippen LogP contribution in [0.4, 0.5) is 0 Å². The summed E-state index contributed by atoms with van der Waals surface area (Å²) in [6.07, 6.45) is 1.55. The highest BCUT2D eigenvalue weighted by Crippen LogP contribution is 2.06. The van der Waals surface area contributed by atoms with Gasteiger partial charge in [0.1, 0.15) is 0 Å². The lowest BCUT2D eigenvalue weighted by Gasteiger charge is -2.31. The molecule has 0 spiro atoms. The predicted octanol–water partition coefficient (Wildman–Crippen LogP) is 0.0559. The molecule has 0 bridgehead atoms. The van der Waals surface area contributed by atoms with Crippen molar-refractivity contribution in [2.75, 3.05) is 32.8 Å². The minimum absolute atomic E-state index is 0.440. The fraction of sp³-hybridized carbons (Fsp3) is 1.00. The highest BCUT2D eigenvalue weighted by Gasteiger charge is 2.17. The number of nitrogens with zero attached hydrogens (tertiary/aromatic N) is 1. The van der Waals surface area contributed by atoms with E-state index >= 15 is 0 Å². The van der Waals surface area contributed by atoms with Gasteiger partial charge in [-0.15, -0.1) is 0 Å². The van der Waals surface area contributed by atoms with Gasteiger partial charge in [0.2, 0.25) is 0 Å². The summed E-state index contributed by atoms with van der Waals surface area (Å²) in [5.74, 6) is 0. The molecule has 1 atom stereocenters. The number of hydrogen-bond acceptors (Lipinski definition) is 3. The van der Waals surface area contributed by atoms with E-state index in [9.17, 15) is 0 Å². The van der Waals surface area contributed by atoms with Gasteiger partial charge in [0.25, 0.3) is 0 Å². The molecule has 3 heteroatoms. The van der Waals surface area contributed by atoms with E-state index in [1.54, 1.807) is 0 Å². The molecule has 1 aliphatic rings. The van der Waals surface area contributed by atoms with Gasteiger partial charge in [-0.25, -0.2) is 0 Å². The molecular weight excluding hydrogens is 140 g/mol.